The van der Waals surface area contributed by atoms with Crippen molar-refractivity contribution in [2.75, 3.05) is 24.6 Å². The fourth-order valence-electron chi connectivity index (χ4n) is 3.03. The van der Waals surface area contributed by atoms with Crippen LogP contribution in [0.1, 0.15) is 11.7 Å². The molecule has 1 aliphatic rings. The van der Waals surface area contributed by atoms with Crippen LogP contribution in [0.5, 0.6) is 0 Å². The lowest BCUT2D eigenvalue weighted by Crippen LogP contribution is -2.39. The minimum Gasteiger partial charge on any atom is -0.370 e. The molecule has 4 rings (SSSR count). The number of anilines is 1. The molecule has 0 N–H and O–H groups in total. The minimum absolute atomic E-state index is 0.0749. The van der Waals surface area contributed by atoms with Crippen molar-refractivity contribution in [3.63, 3.8) is 0 Å². The van der Waals surface area contributed by atoms with Crippen LogP contribution < -0.4 is 4.90 Å². The van der Waals surface area contributed by atoms with Gasteiger partial charge in [-0.15, -0.1) is 10.2 Å². The number of aromatic nitrogens is 2. The highest BCUT2D eigenvalue weighted by Gasteiger charge is 2.23. The summed E-state index contributed by atoms with van der Waals surface area (Å²) in [5, 5.41) is 9.87. The zero-order valence-electron chi connectivity index (χ0n) is 14.0. The first-order chi connectivity index (χ1) is 12.7. The van der Waals surface area contributed by atoms with Crippen LogP contribution in [0.25, 0.3) is 11.3 Å². The fraction of sp³-hybridized carbons (Fsp3) is 0.200. The molecule has 1 aliphatic heterocycles. The quantitative estimate of drug-likeness (QED) is 0.633. The Hall–Kier alpha value is -2.14. The molecule has 132 valence electrons. The topological polar surface area (TPSA) is 38.2 Å². The first-order valence-corrected chi connectivity index (χ1v) is 9.17. The fourth-order valence-corrected chi connectivity index (χ4v) is 3.33. The van der Waals surface area contributed by atoms with Gasteiger partial charge in [-0.25, -0.2) is 0 Å². The van der Waals surface area contributed by atoms with E-state index in [9.17, 15) is 0 Å². The lowest BCUT2D eigenvalue weighted by atomic mass is 10.1. The molecule has 26 heavy (non-hydrogen) atoms. The van der Waals surface area contributed by atoms with Crippen LogP contribution >= 0.6 is 23.2 Å². The maximum Gasteiger partial charge on any atom is 0.151 e. The van der Waals surface area contributed by atoms with Crippen molar-refractivity contribution in [2.24, 2.45) is 0 Å². The maximum atomic E-state index is 6.14. The second-order valence-corrected chi connectivity index (χ2v) is 6.94. The number of benzene rings is 2. The molecule has 0 radical (unpaired) electrons. The van der Waals surface area contributed by atoms with Crippen LogP contribution in [0, 0.1) is 0 Å². The van der Waals surface area contributed by atoms with Gasteiger partial charge in [0.15, 0.2) is 5.82 Å². The molecule has 0 amide bonds. The van der Waals surface area contributed by atoms with E-state index < -0.39 is 0 Å². The second kappa shape index (κ2) is 7.62. The highest BCUT2D eigenvalue weighted by molar-refractivity contribution is 6.42. The SMILES string of the molecule is Clc1ccc([C@H]2CN(c3ccc(-c4ccccc4)nn3)CCO2)cc1Cl. The average Bonchev–Trinajstić information content (AvgIpc) is 2.71. The number of ether oxygens (including phenoxy) is 1. The van der Waals surface area contributed by atoms with Crippen molar-refractivity contribution in [3.05, 3.63) is 76.3 Å². The van der Waals surface area contributed by atoms with Crippen molar-refractivity contribution >= 4 is 29.0 Å². The molecule has 4 nitrogen and oxygen atoms in total. The minimum atomic E-state index is -0.0749. The molecular weight excluding hydrogens is 369 g/mol. The molecule has 0 aliphatic carbocycles. The Bertz CT molecular complexity index is 887. The van der Waals surface area contributed by atoms with Crippen LogP contribution in [0.2, 0.25) is 10.0 Å². The Kier molecular flexibility index (Phi) is 5.07. The van der Waals surface area contributed by atoms with E-state index in [2.05, 4.69) is 15.1 Å². The summed E-state index contributed by atoms with van der Waals surface area (Å²) in [5.41, 5.74) is 2.93. The summed E-state index contributed by atoms with van der Waals surface area (Å²) < 4.78 is 5.91. The summed E-state index contributed by atoms with van der Waals surface area (Å²) in [7, 11) is 0. The molecule has 1 saturated heterocycles. The Labute approximate surface area is 162 Å². The third-order valence-electron chi connectivity index (χ3n) is 4.43. The molecule has 1 atom stereocenters. The van der Waals surface area contributed by atoms with E-state index in [1.165, 1.54) is 0 Å². The molecule has 0 saturated carbocycles. The van der Waals surface area contributed by atoms with E-state index >= 15 is 0 Å². The van der Waals surface area contributed by atoms with E-state index in [0.29, 0.717) is 23.2 Å². The van der Waals surface area contributed by atoms with Crippen molar-refractivity contribution in [2.45, 2.75) is 6.10 Å². The lowest BCUT2D eigenvalue weighted by Gasteiger charge is -2.33. The van der Waals surface area contributed by atoms with Gasteiger partial charge in [0.25, 0.3) is 0 Å². The molecule has 1 aromatic heterocycles. The monoisotopic (exact) mass is 385 g/mol. The van der Waals surface area contributed by atoms with Crippen molar-refractivity contribution in [1.29, 1.82) is 0 Å². The van der Waals surface area contributed by atoms with E-state index in [4.69, 9.17) is 27.9 Å². The highest BCUT2D eigenvalue weighted by atomic mass is 35.5. The van der Waals surface area contributed by atoms with Crippen LogP contribution in [0.15, 0.2) is 60.7 Å². The summed E-state index contributed by atoms with van der Waals surface area (Å²) in [6, 6.07) is 19.7. The first kappa shape index (κ1) is 17.3. The number of halogens is 2. The first-order valence-electron chi connectivity index (χ1n) is 8.41. The molecule has 0 unspecified atom stereocenters. The van der Waals surface area contributed by atoms with Crippen molar-refractivity contribution < 1.29 is 4.74 Å². The predicted octanol–water partition coefficient (Wildman–Crippen LogP) is 5.03. The van der Waals surface area contributed by atoms with Crippen molar-refractivity contribution in [3.8, 4) is 11.3 Å². The van der Waals surface area contributed by atoms with Gasteiger partial charge in [-0.1, -0.05) is 59.6 Å². The number of hydrogen-bond acceptors (Lipinski definition) is 4. The predicted molar refractivity (Wildman–Crippen MR) is 105 cm³/mol. The Morgan fingerprint density at radius 2 is 1.77 bits per heavy atom. The van der Waals surface area contributed by atoms with E-state index in [1.807, 2.05) is 54.6 Å². The molecule has 1 fully saturated rings. The molecule has 3 aromatic rings. The van der Waals surface area contributed by atoms with Gasteiger partial charge in [0.1, 0.15) is 6.10 Å². The van der Waals surface area contributed by atoms with Crippen LogP contribution in [0.4, 0.5) is 5.82 Å². The number of nitrogens with zero attached hydrogens (tertiary/aromatic N) is 3. The zero-order valence-corrected chi connectivity index (χ0v) is 15.5. The molecule has 0 spiro atoms. The van der Waals surface area contributed by atoms with Gasteiger partial charge in [-0.2, -0.15) is 0 Å². The number of morpholine rings is 1. The number of hydrogen-bond donors (Lipinski definition) is 0. The lowest BCUT2D eigenvalue weighted by molar-refractivity contribution is 0.0395. The van der Waals surface area contributed by atoms with E-state index in [-0.39, 0.29) is 6.10 Å². The summed E-state index contributed by atoms with van der Waals surface area (Å²) in [4.78, 5) is 2.18. The second-order valence-electron chi connectivity index (χ2n) is 6.12. The summed E-state index contributed by atoms with van der Waals surface area (Å²) in [6.45, 7) is 2.08. The van der Waals surface area contributed by atoms with Gasteiger partial charge >= 0.3 is 0 Å². The Balaban J connectivity index is 1.51. The standard InChI is InChI=1S/C20H17Cl2N3O/c21-16-7-6-15(12-17(16)22)19-13-25(10-11-26-19)20-9-8-18(23-24-20)14-4-2-1-3-5-14/h1-9,12,19H,10-11,13H2/t19-/m1/s1. The zero-order chi connectivity index (χ0) is 17.9. The van der Waals surface area contributed by atoms with Gasteiger partial charge in [-0.05, 0) is 29.8 Å². The van der Waals surface area contributed by atoms with Crippen LogP contribution in [-0.4, -0.2) is 29.9 Å². The third-order valence-corrected chi connectivity index (χ3v) is 5.16. The molecular formula is C20H17Cl2N3O. The molecule has 0 bridgehead atoms. The third kappa shape index (κ3) is 3.68. The van der Waals surface area contributed by atoms with Gasteiger partial charge in [0.2, 0.25) is 0 Å². The van der Waals surface area contributed by atoms with Gasteiger partial charge in [0, 0.05) is 18.7 Å². The summed E-state index contributed by atoms with van der Waals surface area (Å²) >= 11 is 12.1. The van der Waals surface area contributed by atoms with Crippen LogP contribution in [-0.2, 0) is 4.74 Å². The van der Waals surface area contributed by atoms with Crippen molar-refractivity contribution in [1.82, 2.24) is 10.2 Å². The maximum absolute atomic E-state index is 6.14. The summed E-state index contributed by atoms with van der Waals surface area (Å²) in [6.07, 6.45) is -0.0749. The van der Waals surface area contributed by atoms with E-state index in [0.717, 1.165) is 29.2 Å². The van der Waals surface area contributed by atoms with E-state index in [1.54, 1.807) is 6.07 Å². The van der Waals surface area contributed by atoms with Gasteiger partial charge in [-0.3, -0.25) is 0 Å². The molecule has 6 heteroatoms. The largest absolute Gasteiger partial charge is 0.370 e. The van der Waals surface area contributed by atoms with Gasteiger partial charge < -0.3 is 9.64 Å². The molecule has 2 aromatic carbocycles. The normalized spacial score (nSPS) is 17.3. The van der Waals surface area contributed by atoms with Crippen LogP contribution in [0.3, 0.4) is 0 Å². The number of rotatable bonds is 3. The Morgan fingerprint density at radius 3 is 2.50 bits per heavy atom. The smallest absolute Gasteiger partial charge is 0.151 e. The summed E-state index contributed by atoms with van der Waals surface area (Å²) in [5.74, 6) is 0.845. The van der Waals surface area contributed by atoms with Gasteiger partial charge in [0.05, 0.1) is 22.3 Å². The molecule has 2 heterocycles. The average molecular weight is 386 g/mol. The Morgan fingerprint density at radius 1 is 0.923 bits per heavy atom. The highest BCUT2D eigenvalue weighted by Crippen LogP contribution is 2.30.